The third-order valence-corrected chi connectivity index (χ3v) is 3.73. The zero-order valence-electron chi connectivity index (χ0n) is 8.42. The normalized spacial score (nSPS) is 33.9. The molecule has 0 amide bonds. The molecule has 0 bridgehead atoms. The van der Waals surface area contributed by atoms with E-state index in [2.05, 4.69) is 29.6 Å². The van der Waals surface area contributed by atoms with Crippen LogP contribution in [0.15, 0.2) is 24.3 Å². The Balaban J connectivity index is 1.90. The summed E-state index contributed by atoms with van der Waals surface area (Å²) in [6.45, 7) is 2.36. The van der Waals surface area contributed by atoms with Gasteiger partial charge in [-0.15, -0.1) is 0 Å². The molecule has 1 unspecified atom stereocenters. The van der Waals surface area contributed by atoms with Gasteiger partial charge in [-0.3, -0.25) is 0 Å². The van der Waals surface area contributed by atoms with Crippen molar-refractivity contribution in [2.75, 3.05) is 20.2 Å². The molecular weight excluding hydrogens is 174 g/mol. The minimum atomic E-state index is 0.478. The van der Waals surface area contributed by atoms with E-state index in [0.717, 1.165) is 18.2 Å². The maximum atomic E-state index is 5.16. The van der Waals surface area contributed by atoms with Gasteiger partial charge >= 0.3 is 0 Å². The van der Waals surface area contributed by atoms with Gasteiger partial charge in [0.05, 0.1) is 7.11 Å². The van der Waals surface area contributed by atoms with Crippen molar-refractivity contribution in [1.82, 2.24) is 5.32 Å². The third kappa shape index (κ3) is 1.01. The first-order chi connectivity index (χ1) is 6.85. The van der Waals surface area contributed by atoms with Gasteiger partial charge in [-0.1, -0.05) is 12.1 Å². The molecule has 2 fully saturated rings. The minimum Gasteiger partial charge on any atom is -0.497 e. The van der Waals surface area contributed by atoms with Gasteiger partial charge in [-0.25, -0.2) is 0 Å². The molecular formula is C12H15NO. The Morgan fingerprint density at radius 1 is 1.36 bits per heavy atom. The molecule has 2 atom stereocenters. The van der Waals surface area contributed by atoms with Crippen molar-refractivity contribution in [3.63, 3.8) is 0 Å². The van der Waals surface area contributed by atoms with Crippen LogP contribution in [-0.2, 0) is 5.41 Å². The lowest BCUT2D eigenvalue weighted by Crippen LogP contribution is -2.19. The van der Waals surface area contributed by atoms with Crippen LogP contribution in [0.4, 0.5) is 0 Å². The SMILES string of the molecule is COc1ccc(C23CNC[C@H]2C3)cc1. The molecule has 3 rings (SSSR count). The number of hydrogen-bond donors (Lipinski definition) is 1. The number of fused-ring (bicyclic) bond motifs is 1. The summed E-state index contributed by atoms with van der Waals surface area (Å²) in [6.07, 6.45) is 1.37. The summed E-state index contributed by atoms with van der Waals surface area (Å²) < 4.78 is 5.16. The van der Waals surface area contributed by atoms with Crippen molar-refractivity contribution in [2.45, 2.75) is 11.8 Å². The van der Waals surface area contributed by atoms with Gasteiger partial charge in [0.25, 0.3) is 0 Å². The Hall–Kier alpha value is -1.02. The number of nitrogens with one attached hydrogen (secondary N) is 1. The van der Waals surface area contributed by atoms with Crippen LogP contribution in [0.2, 0.25) is 0 Å². The molecule has 2 aliphatic rings. The quantitative estimate of drug-likeness (QED) is 0.762. The number of hydrogen-bond acceptors (Lipinski definition) is 2. The average Bonchev–Trinajstić information content (AvgIpc) is 2.82. The van der Waals surface area contributed by atoms with Crippen LogP contribution < -0.4 is 10.1 Å². The number of benzene rings is 1. The van der Waals surface area contributed by atoms with Gasteiger partial charge in [-0.2, -0.15) is 0 Å². The standard InChI is InChI=1S/C12H15NO/c1-14-11-4-2-9(3-5-11)12-6-10(12)7-13-8-12/h2-5,10,13H,6-8H2,1H3/t10-,12?/m1/s1. The number of rotatable bonds is 2. The number of methoxy groups -OCH3 is 1. The molecule has 74 valence electrons. The first kappa shape index (κ1) is 8.30. The third-order valence-electron chi connectivity index (χ3n) is 3.73. The maximum Gasteiger partial charge on any atom is 0.118 e. The zero-order valence-corrected chi connectivity index (χ0v) is 8.42. The number of ether oxygens (including phenoxy) is 1. The Labute approximate surface area is 84.3 Å². The molecule has 0 spiro atoms. The molecule has 1 saturated carbocycles. The summed E-state index contributed by atoms with van der Waals surface area (Å²) in [5.74, 6) is 1.84. The van der Waals surface area contributed by atoms with Crippen molar-refractivity contribution < 1.29 is 4.74 Å². The first-order valence-electron chi connectivity index (χ1n) is 5.20. The van der Waals surface area contributed by atoms with Gasteiger partial charge in [0.15, 0.2) is 0 Å². The highest BCUT2D eigenvalue weighted by Gasteiger charge is 2.57. The van der Waals surface area contributed by atoms with Crippen LogP contribution in [0, 0.1) is 5.92 Å². The summed E-state index contributed by atoms with van der Waals surface area (Å²) in [7, 11) is 1.71. The van der Waals surface area contributed by atoms with E-state index in [-0.39, 0.29) is 0 Å². The van der Waals surface area contributed by atoms with E-state index in [1.54, 1.807) is 7.11 Å². The Morgan fingerprint density at radius 3 is 2.64 bits per heavy atom. The van der Waals surface area contributed by atoms with Gasteiger partial charge in [0, 0.05) is 12.0 Å². The fourth-order valence-corrected chi connectivity index (χ4v) is 2.71. The van der Waals surface area contributed by atoms with Crippen molar-refractivity contribution in [1.29, 1.82) is 0 Å². The van der Waals surface area contributed by atoms with E-state index in [4.69, 9.17) is 4.74 Å². The smallest absolute Gasteiger partial charge is 0.118 e. The predicted octanol–water partition coefficient (Wildman–Crippen LogP) is 1.56. The topological polar surface area (TPSA) is 21.3 Å². The Kier molecular flexibility index (Phi) is 1.62. The van der Waals surface area contributed by atoms with Crippen LogP contribution in [0.1, 0.15) is 12.0 Å². The molecule has 14 heavy (non-hydrogen) atoms. The molecule has 1 heterocycles. The first-order valence-corrected chi connectivity index (χ1v) is 5.20. The lowest BCUT2D eigenvalue weighted by Gasteiger charge is -2.12. The van der Waals surface area contributed by atoms with E-state index < -0.39 is 0 Å². The highest BCUT2D eigenvalue weighted by molar-refractivity contribution is 5.39. The van der Waals surface area contributed by atoms with E-state index in [1.807, 2.05) is 0 Å². The fourth-order valence-electron chi connectivity index (χ4n) is 2.71. The van der Waals surface area contributed by atoms with Crippen LogP contribution in [-0.4, -0.2) is 20.2 Å². The second-order valence-corrected chi connectivity index (χ2v) is 4.42. The molecule has 1 aromatic carbocycles. The Bertz CT molecular complexity index is 346. The second-order valence-electron chi connectivity index (χ2n) is 4.42. The van der Waals surface area contributed by atoms with Crippen molar-refractivity contribution in [3.05, 3.63) is 29.8 Å². The van der Waals surface area contributed by atoms with E-state index >= 15 is 0 Å². The molecule has 1 saturated heterocycles. The largest absolute Gasteiger partial charge is 0.497 e. The summed E-state index contributed by atoms with van der Waals surface area (Å²) in [5.41, 5.74) is 1.96. The molecule has 1 N–H and O–H groups in total. The highest BCUT2D eigenvalue weighted by Crippen LogP contribution is 2.56. The van der Waals surface area contributed by atoms with E-state index in [1.165, 1.54) is 18.5 Å². The van der Waals surface area contributed by atoms with E-state index in [0.29, 0.717) is 5.41 Å². The van der Waals surface area contributed by atoms with Crippen LogP contribution in [0.3, 0.4) is 0 Å². The van der Waals surface area contributed by atoms with Crippen LogP contribution >= 0.6 is 0 Å². The Morgan fingerprint density at radius 2 is 2.14 bits per heavy atom. The van der Waals surface area contributed by atoms with Gasteiger partial charge in [-0.05, 0) is 36.6 Å². The molecule has 1 aliphatic carbocycles. The summed E-state index contributed by atoms with van der Waals surface area (Å²) >= 11 is 0. The highest BCUT2D eigenvalue weighted by atomic mass is 16.5. The van der Waals surface area contributed by atoms with E-state index in [9.17, 15) is 0 Å². The predicted molar refractivity (Wildman–Crippen MR) is 55.6 cm³/mol. The molecule has 0 aromatic heterocycles. The minimum absolute atomic E-state index is 0.478. The lowest BCUT2D eigenvalue weighted by molar-refractivity contribution is 0.414. The van der Waals surface area contributed by atoms with Crippen molar-refractivity contribution in [3.8, 4) is 5.75 Å². The van der Waals surface area contributed by atoms with Crippen molar-refractivity contribution >= 4 is 0 Å². The molecule has 2 nitrogen and oxygen atoms in total. The van der Waals surface area contributed by atoms with Gasteiger partial charge < -0.3 is 10.1 Å². The van der Waals surface area contributed by atoms with Gasteiger partial charge in [0.2, 0.25) is 0 Å². The van der Waals surface area contributed by atoms with Crippen molar-refractivity contribution in [2.24, 2.45) is 5.92 Å². The van der Waals surface area contributed by atoms with Crippen LogP contribution in [0.25, 0.3) is 0 Å². The summed E-state index contributed by atoms with van der Waals surface area (Å²) in [4.78, 5) is 0. The maximum absolute atomic E-state index is 5.16. The van der Waals surface area contributed by atoms with Crippen LogP contribution in [0.5, 0.6) is 5.75 Å². The van der Waals surface area contributed by atoms with Gasteiger partial charge in [0.1, 0.15) is 5.75 Å². The summed E-state index contributed by atoms with van der Waals surface area (Å²) in [6, 6.07) is 8.56. The molecule has 1 aliphatic heterocycles. The molecule has 1 aromatic rings. The molecule has 2 heteroatoms. The lowest BCUT2D eigenvalue weighted by atomic mass is 9.95. The zero-order chi connectivity index (χ0) is 9.60. The second kappa shape index (κ2) is 2.74. The summed E-state index contributed by atoms with van der Waals surface area (Å²) in [5, 5.41) is 3.46. The fraction of sp³-hybridized carbons (Fsp3) is 0.500. The average molecular weight is 189 g/mol. The monoisotopic (exact) mass is 189 g/mol. The number of piperidine rings is 1. The molecule has 0 radical (unpaired) electrons.